The van der Waals surface area contributed by atoms with Crippen molar-refractivity contribution in [3.05, 3.63) is 18.2 Å². The molecule has 124 valence electrons. The van der Waals surface area contributed by atoms with Crippen LogP contribution < -0.4 is 14.8 Å². The molecule has 3 rings (SSSR count). The van der Waals surface area contributed by atoms with Crippen LogP contribution in [0, 0.1) is 0 Å². The molecule has 1 aromatic carbocycles. The van der Waals surface area contributed by atoms with Crippen molar-refractivity contribution in [3.63, 3.8) is 0 Å². The van der Waals surface area contributed by atoms with Gasteiger partial charge in [-0.25, -0.2) is 0 Å². The Morgan fingerprint density at radius 3 is 2.74 bits per heavy atom. The van der Waals surface area contributed by atoms with Crippen LogP contribution in [-0.4, -0.2) is 61.3 Å². The Bertz CT molecular complexity index is 589. The number of anilines is 1. The zero-order valence-electron chi connectivity index (χ0n) is 12.6. The van der Waals surface area contributed by atoms with Gasteiger partial charge in [-0.05, 0) is 12.1 Å². The molecule has 0 radical (unpaired) electrons. The zero-order chi connectivity index (χ0) is 16.1. The van der Waals surface area contributed by atoms with E-state index in [2.05, 4.69) is 5.32 Å². The van der Waals surface area contributed by atoms with Gasteiger partial charge in [-0.3, -0.25) is 9.59 Å². The van der Waals surface area contributed by atoms with Crippen LogP contribution in [0.2, 0.25) is 0 Å². The predicted octanol–water partition coefficient (Wildman–Crippen LogP) is 0.946. The first-order valence-electron chi connectivity index (χ1n) is 7.35. The van der Waals surface area contributed by atoms with Gasteiger partial charge in [0.2, 0.25) is 18.6 Å². The number of hydrogen-bond donors (Lipinski definition) is 1. The third-order valence-electron chi connectivity index (χ3n) is 3.48. The summed E-state index contributed by atoms with van der Waals surface area (Å²) in [7, 11) is 0. The molecule has 2 aliphatic rings. The van der Waals surface area contributed by atoms with E-state index in [0.717, 1.165) is 0 Å². The Balaban J connectivity index is 1.40. The number of nitrogens with zero attached hydrogens (tertiary/aromatic N) is 1. The van der Waals surface area contributed by atoms with Crippen molar-refractivity contribution in [1.82, 2.24) is 4.90 Å². The van der Waals surface area contributed by atoms with Gasteiger partial charge in [0.05, 0.1) is 24.7 Å². The van der Waals surface area contributed by atoms with Crippen LogP contribution in [0.3, 0.4) is 0 Å². The minimum Gasteiger partial charge on any atom is -0.454 e. The maximum Gasteiger partial charge on any atom is 0.234 e. The molecule has 2 aliphatic heterocycles. The fourth-order valence-electron chi connectivity index (χ4n) is 2.31. The molecule has 1 aromatic rings. The lowest BCUT2D eigenvalue weighted by molar-refractivity contribution is -0.132. The number of morpholine rings is 1. The Hall–Kier alpha value is -1.93. The molecule has 2 amide bonds. The van der Waals surface area contributed by atoms with Gasteiger partial charge >= 0.3 is 0 Å². The van der Waals surface area contributed by atoms with Crippen LogP contribution >= 0.6 is 11.8 Å². The number of carbonyl (C=O) groups is 2. The third kappa shape index (κ3) is 4.29. The SMILES string of the molecule is O=C(CSCC(=O)N1CCOCC1)Nc1ccc2c(c1)OCO2. The van der Waals surface area contributed by atoms with E-state index in [9.17, 15) is 9.59 Å². The summed E-state index contributed by atoms with van der Waals surface area (Å²) in [4.78, 5) is 25.6. The summed E-state index contributed by atoms with van der Waals surface area (Å²) in [6.07, 6.45) is 0. The van der Waals surface area contributed by atoms with E-state index < -0.39 is 0 Å². The van der Waals surface area contributed by atoms with Crippen molar-refractivity contribution in [2.75, 3.05) is 49.9 Å². The summed E-state index contributed by atoms with van der Waals surface area (Å²) in [5.74, 6) is 1.73. The number of hydrogen-bond acceptors (Lipinski definition) is 6. The Labute approximate surface area is 138 Å². The molecule has 0 aliphatic carbocycles. The van der Waals surface area contributed by atoms with Gasteiger partial charge in [0.1, 0.15) is 0 Å². The normalized spacial score (nSPS) is 16.3. The second kappa shape index (κ2) is 7.56. The maximum atomic E-state index is 12.0. The zero-order valence-corrected chi connectivity index (χ0v) is 13.4. The molecule has 23 heavy (non-hydrogen) atoms. The number of fused-ring (bicyclic) bond motifs is 1. The lowest BCUT2D eigenvalue weighted by atomic mass is 10.3. The molecule has 0 spiro atoms. The van der Waals surface area contributed by atoms with Gasteiger partial charge in [0.15, 0.2) is 11.5 Å². The topological polar surface area (TPSA) is 77.1 Å². The molecule has 0 aromatic heterocycles. The van der Waals surface area contributed by atoms with Crippen molar-refractivity contribution in [2.24, 2.45) is 0 Å². The molecule has 1 N–H and O–H groups in total. The van der Waals surface area contributed by atoms with E-state index in [0.29, 0.717) is 49.2 Å². The van der Waals surface area contributed by atoms with E-state index in [4.69, 9.17) is 14.2 Å². The van der Waals surface area contributed by atoms with Crippen LogP contribution in [0.25, 0.3) is 0 Å². The van der Waals surface area contributed by atoms with Crippen LogP contribution in [0.4, 0.5) is 5.69 Å². The summed E-state index contributed by atoms with van der Waals surface area (Å²) < 4.78 is 15.7. The minimum atomic E-state index is -0.149. The summed E-state index contributed by atoms with van der Waals surface area (Å²) in [6, 6.07) is 5.24. The first-order valence-corrected chi connectivity index (χ1v) is 8.50. The van der Waals surface area contributed by atoms with Gasteiger partial charge in [-0.1, -0.05) is 0 Å². The molecule has 7 nitrogen and oxygen atoms in total. The fraction of sp³-hybridized carbons (Fsp3) is 0.467. The van der Waals surface area contributed by atoms with Crippen molar-refractivity contribution in [3.8, 4) is 11.5 Å². The summed E-state index contributed by atoms with van der Waals surface area (Å²) in [6.45, 7) is 2.62. The monoisotopic (exact) mass is 338 g/mol. The highest BCUT2D eigenvalue weighted by molar-refractivity contribution is 8.00. The van der Waals surface area contributed by atoms with Crippen LogP contribution in [0.15, 0.2) is 18.2 Å². The summed E-state index contributed by atoms with van der Waals surface area (Å²) >= 11 is 1.31. The number of rotatable bonds is 5. The third-order valence-corrected chi connectivity index (χ3v) is 4.40. The average Bonchev–Trinajstić information content (AvgIpc) is 3.03. The second-order valence-electron chi connectivity index (χ2n) is 5.10. The summed E-state index contributed by atoms with van der Waals surface area (Å²) in [5, 5.41) is 2.78. The van der Waals surface area contributed by atoms with Gasteiger partial charge in [0, 0.05) is 24.8 Å². The smallest absolute Gasteiger partial charge is 0.234 e. The highest BCUT2D eigenvalue weighted by Crippen LogP contribution is 2.34. The maximum absolute atomic E-state index is 12.0. The van der Waals surface area contributed by atoms with Crippen molar-refractivity contribution in [1.29, 1.82) is 0 Å². The molecule has 0 saturated carbocycles. The molecular weight excluding hydrogens is 320 g/mol. The van der Waals surface area contributed by atoms with E-state index in [-0.39, 0.29) is 24.4 Å². The molecule has 0 atom stereocenters. The van der Waals surface area contributed by atoms with Crippen LogP contribution in [0.1, 0.15) is 0 Å². The number of amides is 2. The van der Waals surface area contributed by atoms with E-state index in [1.807, 2.05) is 0 Å². The van der Waals surface area contributed by atoms with Gasteiger partial charge in [-0.15, -0.1) is 11.8 Å². The molecular formula is C15H18N2O5S. The van der Waals surface area contributed by atoms with Crippen LogP contribution in [-0.2, 0) is 14.3 Å². The van der Waals surface area contributed by atoms with Gasteiger partial charge in [0.25, 0.3) is 0 Å². The number of nitrogens with one attached hydrogen (secondary N) is 1. The molecule has 0 unspecified atom stereocenters. The molecule has 1 saturated heterocycles. The highest BCUT2D eigenvalue weighted by atomic mass is 32.2. The number of carbonyl (C=O) groups excluding carboxylic acids is 2. The van der Waals surface area contributed by atoms with Crippen LogP contribution in [0.5, 0.6) is 11.5 Å². The molecule has 0 bridgehead atoms. The Kier molecular flexibility index (Phi) is 5.24. The Morgan fingerprint density at radius 1 is 1.13 bits per heavy atom. The van der Waals surface area contributed by atoms with Gasteiger partial charge < -0.3 is 24.4 Å². The average molecular weight is 338 g/mol. The number of ether oxygens (including phenoxy) is 3. The molecule has 1 fully saturated rings. The van der Waals surface area contributed by atoms with E-state index in [1.54, 1.807) is 23.1 Å². The largest absolute Gasteiger partial charge is 0.454 e. The highest BCUT2D eigenvalue weighted by Gasteiger charge is 2.17. The lowest BCUT2D eigenvalue weighted by Crippen LogP contribution is -2.41. The minimum absolute atomic E-state index is 0.0502. The van der Waals surface area contributed by atoms with Crippen molar-refractivity contribution >= 4 is 29.3 Å². The second-order valence-corrected chi connectivity index (χ2v) is 6.09. The van der Waals surface area contributed by atoms with E-state index in [1.165, 1.54) is 11.8 Å². The molecule has 2 heterocycles. The predicted molar refractivity (Wildman–Crippen MR) is 85.9 cm³/mol. The van der Waals surface area contributed by atoms with Crippen molar-refractivity contribution < 1.29 is 23.8 Å². The number of benzene rings is 1. The quantitative estimate of drug-likeness (QED) is 0.861. The summed E-state index contributed by atoms with van der Waals surface area (Å²) in [5.41, 5.74) is 0.652. The standard InChI is InChI=1S/C15H18N2O5S/c18-14(8-23-9-15(19)17-3-5-20-6-4-17)16-11-1-2-12-13(7-11)22-10-21-12/h1-2,7H,3-6,8-10H2,(H,16,18). The first-order chi connectivity index (χ1) is 11.2. The Morgan fingerprint density at radius 2 is 1.91 bits per heavy atom. The fourth-order valence-corrected chi connectivity index (χ4v) is 3.02. The lowest BCUT2D eigenvalue weighted by Gasteiger charge is -2.26. The van der Waals surface area contributed by atoms with E-state index >= 15 is 0 Å². The van der Waals surface area contributed by atoms with Gasteiger partial charge in [-0.2, -0.15) is 0 Å². The van der Waals surface area contributed by atoms with Crippen molar-refractivity contribution in [2.45, 2.75) is 0 Å². The number of thioether (sulfide) groups is 1. The first kappa shape index (κ1) is 15.9. The molecule has 8 heteroatoms.